The standard InChI is InChI=1S/C12H16BrNO3/c1-17-12(16)6-10(15)8-14-7-9-4-2-3-5-11(9)13/h2-5,10,14-15H,6-8H2,1H3. The van der Waals surface area contributed by atoms with Crippen LogP contribution in [0.5, 0.6) is 0 Å². The van der Waals surface area contributed by atoms with E-state index in [0.717, 1.165) is 10.0 Å². The van der Waals surface area contributed by atoms with Crippen LogP contribution in [0.25, 0.3) is 0 Å². The fourth-order valence-electron chi connectivity index (χ4n) is 1.36. The predicted molar refractivity (Wildman–Crippen MR) is 68.5 cm³/mol. The molecule has 1 atom stereocenters. The van der Waals surface area contributed by atoms with Gasteiger partial charge in [-0.15, -0.1) is 0 Å². The monoisotopic (exact) mass is 301 g/mol. The van der Waals surface area contributed by atoms with E-state index >= 15 is 0 Å². The first kappa shape index (κ1) is 14.2. The first-order chi connectivity index (χ1) is 8.13. The molecule has 2 N–H and O–H groups in total. The van der Waals surface area contributed by atoms with Crippen LogP contribution in [0.1, 0.15) is 12.0 Å². The number of hydrogen-bond donors (Lipinski definition) is 2. The van der Waals surface area contributed by atoms with E-state index in [0.29, 0.717) is 13.1 Å². The number of hydrogen-bond acceptors (Lipinski definition) is 4. The Labute approximate surface area is 109 Å². The molecule has 1 rings (SSSR count). The Morgan fingerprint density at radius 1 is 1.53 bits per heavy atom. The summed E-state index contributed by atoms with van der Waals surface area (Å²) in [5, 5.41) is 12.6. The van der Waals surface area contributed by atoms with Crippen molar-refractivity contribution in [3.63, 3.8) is 0 Å². The maximum atomic E-state index is 10.9. The number of methoxy groups -OCH3 is 1. The van der Waals surface area contributed by atoms with Gasteiger partial charge in [0.05, 0.1) is 19.6 Å². The minimum atomic E-state index is -0.718. The molecule has 1 unspecified atom stereocenters. The molecule has 0 spiro atoms. The normalized spacial score (nSPS) is 12.2. The second-order valence-electron chi connectivity index (χ2n) is 3.66. The SMILES string of the molecule is COC(=O)CC(O)CNCc1ccccc1Br. The van der Waals surface area contributed by atoms with Crippen molar-refractivity contribution in [2.75, 3.05) is 13.7 Å². The number of ether oxygens (including phenoxy) is 1. The Bertz CT molecular complexity index is 371. The highest BCUT2D eigenvalue weighted by Gasteiger charge is 2.10. The highest BCUT2D eigenvalue weighted by atomic mass is 79.9. The summed E-state index contributed by atoms with van der Waals surface area (Å²) < 4.78 is 5.49. The molecular formula is C12H16BrNO3. The van der Waals surface area contributed by atoms with Crippen LogP contribution < -0.4 is 5.32 Å². The molecule has 0 aliphatic carbocycles. The summed E-state index contributed by atoms with van der Waals surface area (Å²) in [6.45, 7) is 0.996. The van der Waals surface area contributed by atoms with Crippen LogP contribution in [0.2, 0.25) is 0 Å². The Balaban J connectivity index is 2.28. The zero-order valence-electron chi connectivity index (χ0n) is 9.65. The summed E-state index contributed by atoms with van der Waals surface area (Å²) in [6.07, 6.45) is -0.704. The van der Waals surface area contributed by atoms with E-state index in [1.54, 1.807) is 0 Å². The van der Waals surface area contributed by atoms with Crippen LogP contribution in [0.3, 0.4) is 0 Å². The molecule has 0 heterocycles. The number of aliphatic hydroxyl groups excluding tert-OH is 1. The molecule has 0 aliphatic rings. The average molecular weight is 302 g/mol. The maximum Gasteiger partial charge on any atom is 0.308 e. The molecule has 1 aromatic carbocycles. The highest BCUT2D eigenvalue weighted by molar-refractivity contribution is 9.10. The van der Waals surface area contributed by atoms with Gasteiger partial charge in [-0.1, -0.05) is 34.1 Å². The van der Waals surface area contributed by atoms with Gasteiger partial charge in [0.1, 0.15) is 0 Å². The van der Waals surface area contributed by atoms with Crippen molar-refractivity contribution in [2.24, 2.45) is 0 Å². The third-order valence-corrected chi connectivity index (χ3v) is 3.06. The number of benzene rings is 1. The first-order valence-electron chi connectivity index (χ1n) is 5.32. The summed E-state index contributed by atoms with van der Waals surface area (Å²) >= 11 is 3.44. The molecule has 5 heteroatoms. The summed E-state index contributed by atoms with van der Waals surface area (Å²) in [5.74, 6) is -0.403. The summed E-state index contributed by atoms with van der Waals surface area (Å²) in [6, 6.07) is 7.85. The van der Waals surface area contributed by atoms with E-state index in [1.807, 2.05) is 24.3 Å². The van der Waals surface area contributed by atoms with Gasteiger partial charge in [-0.2, -0.15) is 0 Å². The molecule has 94 valence electrons. The van der Waals surface area contributed by atoms with Gasteiger partial charge in [0, 0.05) is 17.6 Å². The lowest BCUT2D eigenvalue weighted by Gasteiger charge is -2.11. The van der Waals surface area contributed by atoms with Crippen molar-refractivity contribution in [1.82, 2.24) is 5.32 Å². The molecule has 0 aromatic heterocycles. The number of rotatable bonds is 6. The molecule has 0 saturated carbocycles. The van der Waals surface area contributed by atoms with Gasteiger partial charge in [0.25, 0.3) is 0 Å². The third-order valence-electron chi connectivity index (χ3n) is 2.28. The number of aliphatic hydroxyl groups is 1. The Morgan fingerprint density at radius 2 is 2.24 bits per heavy atom. The van der Waals surface area contributed by atoms with E-state index in [9.17, 15) is 9.90 Å². The maximum absolute atomic E-state index is 10.9. The zero-order valence-corrected chi connectivity index (χ0v) is 11.2. The van der Waals surface area contributed by atoms with Crippen LogP contribution in [-0.4, -0.2) is 30.8 Å². The van der Waals surface area contributed by atoms with Gasteiger partial charge in [-0.05, 0) is 11.6 Å². The summed E-state index contributed by atoms with van der Waals surface area (Å²) in [5.41, 5.74) is 1.11. The van der Waals surface area contributed by atoms with Gasteiger partial charge < -0.3 is 15.2 Å². The topological polar surface area (TPSA) is 58.6 Å². The molecule has 4 nitrogen and oxygen atoms in total. The van der Waals surface area contributed by atoms with Crippen LogP contribution in [0, 0.1) is 0 Å². The van der Waals surface area contributed by atoms with Gasteiger partial charge in [-0.25, -0.2) is 0 Å². The van der Waals surface area contributed by atoms with Gasteiger partial charge in [0.2, 0.25) is 0 Å². The second kappa shape index (κ2) is 7.42. The minimum Gasteiger partial charge on any atom is -0.469 e. The molecule has 1 aromatic rings. The lowest BCUT2D eigenvalue weighted by molar-refractivity contribution is -0.142. The molecular weight excluding hydrogens is 286 g/mol. The zero-order chi connectivity index (χ0) is 12.7. The van der Waals surface area contributed by atoms with E-state index in [4.69, 9.17) is 0 Å². The summed E-state index contributed by atoms with van der Waals surface area (Å²) in [4.78, 5) is 10.9. The largest absolute Gasteiger partial charge is 0.469 e. The Hall–Kier alpha value is -0.910. The molecule has 0 bridgehead atoms. The van der Waals surface area contributed by atoms with Gasteiger partial charge in [0.15, 0.2) is 0 Å². The van der Waals surface area contributed by atoms with Crippen molar-refractivity contribution in [3.8, 4) is 0 Å². The number of esters is 1. The van der Waals surface area contributed by atoms with Crippen molar-refractivity contribution in [1.29, 1.82) is 0 Å². The molecule has 0 amide bonds. The van der Waals surface area contributed by atoms with Crippen LogP contribution in [0.4, 0.5) is 0 Å². The summed E-state index contributed by atoms with van der Waals surface area (Å²) in [7, 11) is 1.31. The fourth-order valence-corrected chi connectivity index (χ4v) is 1.79. The van der Waals surface area contributed by atoms with E-state index < -0.39 is 12.1 Å². The molecule has 0 fully saturated rings. The van der Waals surface area contributed by atoms with Crippen molar-refractivity contribution >= 4 is 21.9 Å². The van der Waals surface area contributed by atoms with Gasteiger partial charge >= 0.3 is 5.97 Å². The van der Waals surface area contributed by atoms with E-state index in [-0.39, 0.29) is 6.42 Å². The highest BCUT2D eigenvalue weighted by Crippen LogP contribution is 2.15. The van der Waals surface area contributed by atoms with Crippen LogP contribution >= 0.6 is 15.9 Å². The first-order valence-corrected chi connectivity index (χ1v) is 6.11. The Kier molecular flexibility index (Phi) is 6.18. The molecule has 0 aliphatic heterocycles. The van der Waals surface area contributed by atoms with Crippen molar-refractivity contribution in [2.45, 2.75) is 19.1 Å². The number of carbonyl (C=O) groups is 1. The van der Waals surface area contributed by atoms with Crippen molar-refractivity contribution in [3.05, 3.63) is 34.3 Å². The second-order valence-corrected chi connectivity index (χ2v) is 4.51. The number of carbonyl (C=O) groups excluding carboxylic acids is 1. The minimum absolute atomic E-state index is 0.0134. The predicted octanol–water partition coefficient (Wildman–Crippen LogP) is 1.46. The van der Waals surface area contributed by atoms with E-state index in [1.165, 1.54) is 7.11 Å². The fraction of sp³-hybridized carbons (Fsp3) is 0.417. The van der Waals surface area contributed by atoms with Gasteiger partial charge in [-0.3, -0.25) is 4.79 Å². The molecule has 17 heavy (non-hydrogen) atoms. The molecule has 0 saturated heterocycles. The van der Waals surface area contributed by atoms with Crippen molar-refractivity contribution < 1.29 is 14.6 Å². The lowest BCUT2D eigenvalue weighted by Crippen LogP contribution is -2.28. The number of halogens is 1. The number of nitrogens with one attached hydrogen (secondary N) is 1. The van der Waals surface area contributed by atoms with Crippen LogP contribution in [-0.2, 0) is 16.1 Å². The molecule has 0 radical (unpaired) electrons. The van der Waals surface area contributed by atoms with E-state index in [2.05, 4.69) is 26.0 Å². The average Bonchev–Trinajstić information content (AvgIpc) is 2.31. The smallest absolute Gasteiger partial charge is 0.308 e. The quantitative estimate of drug-likeness (QED) is 0.781. The Morgan fingerprint density at radius 3 is 2.88 bits per heavy atom. The third kappa shape index (κ3) is 5.30. The lowest BCUT2D eigenvalue weighted by atomic mass is 10.2. The van der Waals surface area contributed by atoms with Crippen LogP contribution in [0.15, 0.2) is 28.7 Å².